The highest BCUT2D eigenvalue weighted by molar-refractivity contribution is 9.10. The van der Waals surface area contributed by atoms with Gasteiger partial charge in [0, 0.05) is 13.7 Å². The van der Waals surface area contributed by atoms with Gasteiger partial charge in [-0.15, -0.1) is 5.10 Å². The lowest BCUT2D eigenvalue weighted by molar-refractivity contribution is -0.0368. The van der Waals surface area contributed by atoms with Gasteiger partial charge in [0.25, 0.3) is 0 Å². The van der Waals surface area contributed by atoms with Crippen molar-refractivity contribution in [2.75, 3.05) is 13.7 Å². The fraction of sp³-hybridized carbons (Fsp3) is 0.833. The number of ether oxygens (including phenoxy) is 1. The van der Waals surface area contributed by atoms with Gasteiger partial charge in [0.1, 0.15) is 0 Å². The van der Waals surface area contributed by atoms with Crippen LogP contribution in [0, 0.1) is 5.41 Å². The summed E-state index contributed by atoms with van der Waals surface area (Å²) in [7, 11) is 3.82. The molecule has 5 nitrogen and oxygen atoms in total. The Kier molecular flexibility index (Phi) is 5.31. The molecule has 1 heterocycles. The molecule has 0 aromatic carbocycles. The Balaban J connectivity index is 3.14. The molecular weight excluding hydrogens is 296 g/mol. The van der Waals surface area contributed by atoms with Crippen molar-refractivity contribution in [2.24, 2.45) is 12.5 Å². The van der Waals surface area contributed by atoms with E-state index in [1.807, 2.05) is 21.0 Å². The number of nitrogens with one attached hydrogen (secondary N) is 1. The van der Waals surface area contributed by atoms with E-state index in [1.165, 1.54) is 0 Å². The molecule has 0 spiro atoms. The molecule has 1 rings (SSSR count). The third kappa shape index (κ3) is 3.30. The molecule has 0 amide bonds. The third-order valence-corrected chi connectivity index (χ3v) is 3.50. The van der Waals surface area contributed by atoms with E-state index < -0.39 is 0 Å². The zero-order valence-electron chi connectivity index (χ0n) is 12.0. The fourth-order valence-electron chi connectivity index (χ4n) is 2.13. The molecule has 18 heavy (non-hydrogen) atoms. The number of nitrogens with zero attached hydrogens (tertiary/aromatic N) is 3. The number of hydrogen-bond donors (Lipinski definition) is 1. The zero-order valence-corrected chi connectivity index (χ0v) is 13.6. The molecule has 1 aromatic rings. The molecule has 1 N–H and O–H groups in total. The number of halogens is 1. The van der Waals surface area contributed by atoms with Gasteiger partial charge in [-0.2, -0.15) is 0 Å². The van der Waals surface area contributed by atoms with Gasteiger partial charge in [0.15, 0.2) is 4.60 Å². The van der Waals surface area contributed by atoms with E-state index in [-0.39, 0.29) is 17.6 Å². The van der Waals surface area contributed by atoms with Crippen LogP contribution in [0.25, 0.3) is 0 Å². The van der Waals surface area contributed by atoms with Gasteiger partial charge < -0.3 is 10.1 Å². The van der Waals surface area contributed by atoms with Crippen LogP contribution in [0.1, 0.15) is 39.4 Å². The van der Waals surface area contributed by atoms with Crippen LogP contribution in [0.15, 0.2) is 4.60 Å². The lowest BCUT2D eigenvalue weighted by Crippen LogP contribution is -2.42. The molecule has 2 unspecified atom stereocenters. The largest absolute Gasteiger partial charge is 0.376 e. The minimum absolute atomic E-state index is 0.0212. The van der Waals surface area contributed by atoms with Gasteiger partial charge in [0.05, 0.1) is 17.8 Å². The average Bonchev–Trinajstić information content (AvgIpc) is 2.59. The maximum atomic E-state index is 5.94. The maximum Gasteiger partial charge on any atom is 0.153 e. The summed E-state index contributed by atoms with van der Waals surface area (Å²) < 4.78 is 8.48. The molecule has 0 aliphatic heterocycles. The standard InChI is InChI=1S/C12H23BrN4O/c1-7-18-10(12(2,3)4)8(14-5)9-11(13)15-16-17(9)6/h8,10,14H,7H2,1-6H3. The van der Waals surface area contributed by atoms with Crippen molar-refractivity contribution in [3.63, 3.8) is 0 Å². The first-order valence-electron chi connectivity index (χ1n) is 6.16. The predicted octanol–water partition coefficient (Wildman–Crippen LogP) is 2.29. The third-order valence-electron chi connectivity index (χ3n) is 2.93. The topological polar surface area (TPSA) is 52.0 Å². The van der Waals surface area contributed by atoms with E-state index in [2.05, 4.69) is 52.3 Å². The Labute approximate surface area is 117 Å². The van der Waals surface area contributed by atoms with Crippen LogP contribution in [-0.2, 0) is 11.8 Å². The van der Waals surface area contributed by atoms with E-state index >= 15 is 0 Å². The summed E-state index contributed by atoms with van der Waals surface area (Å²) in [5, 5.41) is 11.4. The molecule has 0 saturated heterocycles. The minimum Gasteiger partial charge on any atom is -0.376 e. The molecule has 0 aliphatic carbocycles. The monoisotopic (exact) mass is 318 g/mol. The lowest BCUT2D eigenvalue weighted by atomic mass is 9.83. The molecule has 2 atom stereocenters. The minimum atomic E-state index is 0.0212. The van der Waals surface area contributed by atoms with Crippen LogP contribution in [0.2, 0.25) is 0 Å². The van der Waals surface area contributed by atoms with Gasteiger partial charge in [-0.25, -0.2) is 4.68 Å². The summed E-state index contributed by atoms with van der Waals surface area (Å²) in [4.78, 5) is 0. The lowest BCUT2D eigenvalue weighted by Gasteiger charge is -2.36. The Hall–Kier alpha value is -0.460. The van der Waals surface area contributed by atoms with Crippen molar-refractivity contribution in [3.8, 4) is 0 Å². The summed E-state index contributed by atoms with van der Waals surface area (Å²) in [5.41, 5.74) is 1.03. The van der Waals surface area contributed by atoms with Crippen LogP contribution in [0.3, 0.4) is 0 Å². The van der Waals surface area contributed by atoms with E-state index in [0.717, 1.165) is 10.3 Å². The highest BCUT2D eigenvalue weighted by atomic mass is 79.9. The van der Waals surface area contributed by atoms with Crippen molar-refractivity contribution in [2.45, 2.75) is 39.8 Å². The van der Waals surface area contributed by atoms with Gasteiger partial charge in [0.2, 0.25) is 0 Å². The van der Waals surface area contributed by atoms with E-state index in [9.17, 15) is 0 Å². The molecule has 6 heteroatoms. The second-order valence-electron chi connectivity index (χ2n) is 5.40. The van der Waals surface area contributed by atoms with Gasteiger partial charge >= 0.3 is 0 Å². The molecule has 0 fully saturated rings. The first-order valence-corrected chi connectivity index (χ1v) is 6.96. The number of rotatable bonds is 5. The van der Waals surface area contributed by atoms with Crippen molar-refractivity contribution >= 4 is 15.9 Å². The van der Waals surface area contributed by atoms with Crippen molar-refractivity contribution < 1.29 is 4.74 Å². The first-order chi connectivity index (χ1) is 8.32. The summed E-state index contributed by atoms with van der Waals surface area (Å²) >= 11 is 3.45. The molecule has 0 radical (unpaired) electrons. The Morgan fingerprint density at radius 3 is 2.39 bits per heavy atom. The second-order valence-corrected chi connectivity index (χ2v) is 6.15. The highest BCUT2D eigenvalue weighted by Crippen LogP contribution is 2.34. The smallest absolute Gasteiger partial charge is 0.153 e. The summed E-state index contributed by atoms with van der Waals surface area (Å²) in [6.07, 6.45) is 0.0426. The highest BCUT2D eigenvalue weighted by Gasteiger charge is 2.36. The van der Waals surface area contributed by atoms with Crippen LogP contribution in [0.4, 0.5) is 0 Å². The molecule has 104 valence electrons. The Morgan fingerprint density at radius 1 is 1.44 bits per heavy atom. The summed E-state index contributed by atoms with van der Waals surface area (Å²) in [5.74, 6) is 0. The summed E-state index contributed by atoms with van der Waals surface area (Å²) in [6.45, 7) is 9.23. The molecule has 0 saturated carbocycles. The SMILES string of the molecule is CCOC(C(NC)c1c(Br)nnn1C)C(C)(C)C. The maximum absolute atomic E-state index is 5.94. The van der Waals surface area contributed by atoms with Crippen molar-refractivity contribution in [3.05, 3.63) is 10.3 Å². The Bertz CT molecular complexity index is 366. The summed E-state index contributed by atoms with van der Waals surface area (Å²) in [6, 6.07) is 0.0410. The van der Waals surface area contributed by atoms with E-state index in [0.29, 0.717) is 6.61 Å². The number of aryl methyl sites for hydroxylation is 1. The van der Waals surface area contributed by atoms with Crippen LogP contribution < -0.4 is 5.32 Å². The zero-order chi connectivity index (χ0) is 13.9. The van der Waals surface area contributed by atoms with E-state index in [1.54, 1.807) is 4.68 Å². The molecule has 0 bridgehead atoms. The first kappa shape index (κ1) is 15.6. The van der Waals surface area contributed by atoms with E-state index in [4.69, 9.17) is 4.74 Å². The normalized spacial score (nSPS) is 15.7. The quantitative estimate of drug-likeness (QED) is 0.905. The average molecular weight is 319 g/mol. The fourth-order valence-corrected chi connectivity index (χ4v) is 2.70. The molecule has 0 aliphatic rings. The van der Waals surface area contributed by atoms with Gasteiger partial charge in [-0.05, 0) is 35.3 Å². The predicted molar refractivity (Wildman–Crippen MR) is 75.4 cm³/mol. The van der Waals surface area contributed by atoms with Crippen LogP contribution in [-0.4, -0.2) is 34.8 Å². The number of aromatic nitrogens is 3. The Morgan fingerprint density at radius 2 is 2.06 bits per heavy atom. The van der Waals surface area contributed by atoms with Gasteiger partial charge in [-0.1, -0.05) is 26.0 Å². The van der Waals surface area contributed by atoms with Crippen LogP contribution >= 0.6 is 15.9 Å². The molecule has 1 aromatic heterocycles. The van der Waals surface area contributed by atoms with Crippen molar-refractivity contribution in [1.82, 2.24) is 20.3 Å². The second kappa shape index (κ2) is 6.12. The van der Waals surface area contributed by atoms with Crippen LogP contribution in [0.5, 0.6) is 0 Å². The number of likely N-dealkylation sites (N-methyl/N-ethyl adjacent to an activating group) is 1. The molecular formula is C12H23BrN4O. The number of hydrogen-bond acceptors (Lipinski definition) is 4. The van der Waals surface area contributed by atoms with Gasteiger partial charge in [-0.3, -0.25) is 0 Å². The van der Waals surface area contributed by atoms with Crippen molar-refractivity contribution in [1.29, 1.82) is 0 Å².